The lowest BCUT2D eigenvalue weighted by Crippen LogP contribution is -2.44. The Balaban J connectivity index is 2.16. The first-order valence-corrected chi connectivity index (χ1v) is 7.58. The Morgan fingerprint density at radius 1 is 1.11 bits per heavy atom. The molecule has 144 valence electrons. The van der Waals surface area contributed by atoms with Gasteiger partial charge in [0.2, 0.25) is 5.91 Å². The molecule has 2 aromatic rings. The number of carbonyl (C=O) groups is 2. The quantitative estimate of drug-likeness (QED) is 0.686. The van der Waals surface area contributed by atoms with Gasteiger partial charge >= 0.3 is 12.2 Å². The van der Waals surface area contributed by atoms with E-state index in [1.165, 1.54) is 25.1 Å². The van der Waals surface area contributed by atoms with Crippen molar-refractivity contribution in [2.24, 2.45) is 5.73 Å². The molecule has 0 aliphatic heterocycles. The molecule has 0 spiro atoms. The van der Waals surface area contributed by atoms with Gasteiger partial charge in [0.15, 0.2) is 11.6 Å². The maximum absolute atomic E-state index is 14.2. The van der Waals surface area contributed by atoms with Gasteiger partial charge in [0, 0.05) is 11.8 Å². The molecule has 0 aliphatic carbocycles. The molecule has 10 heteroatoms. The number of para-hydroxylation sites is 1. The van der Waals surface area contributed by atoms with Crippen LogP contribution in [0, 0.1) is 5.82 Å². The number of carbonyl (C=O) groups excluding carboxylic acids is 2. The van der Waals surface area contributed by atoms with E-state index < -0.39 is 47.0 Å². The molecule has 0 heterocycles. The van der Waals surface area contributed by atoms with Gasteiger partial charge in [-0.3, -0.25) is 4.79 Å². The second kappa shape index (κ2) is 7.94. The van der Waals surface area contributed by atoms with Gasteiger partial charge in [0.05, 0.1) is 5.56 Å². The number of ether oxygens (including phenoxy) is 1. The highest BCUT2D eigenvalue weighted by atomic mass is 19.4. The van der Waals surface area contributed by atoms with Crippen LogP contribution in [0.1, 0.15) is 12.5 Å². The third-order valence-electron chi connectivity index (χ3n) is 3.36. The third kappa shape index (κ3) is 5.33. The maximum atomic E-state index is 14.2. The van der Waals surface area contributed by atoms with Gasteiger partial charge in [-0.25, -0.2) is 9.18 Å². The minimum atomic E-state index is -4.66. The van der Waals surface area contributed by atoms with Crippen LogP contribution in [0.4, 0.5) is 28.0 Å². The lowest BCUT2D eigenvalue weighted by Gasteiger charge is -2.15. The van der Waals surface area contributed by atoms with Crippen LogP contribution in [0.2, 0.25) is 0 Å². The Kier molecular flexibility index (Phi) is 5.88. The zero-order chi connectivity index (χ0) is 20.2. The fourth-order valence-corrected chi connectivity index (χ4v) is 2.10. The molecule has 3 amide bonds. The Hall–Kier alpha value is -3.30. The van der Waals surface area contributed by atoms with Crippen molar-refractivity contribution in [2.45, 2.75) is 19.1 Å². The molecule has 0 aliphatic rings. The van der Waals surface area contributed by atoms with Crippen LogP contribution in [0.25, 0.3) is 0 Å². The van der Waals surface area contributed by atoms with Gasteiger partial charge in [-0.2, -0.15) is 13.2 Å². The van der Waals surface area contributed by atoms with Gasteiger partial charge in [0.1, 0.15) is 11.8 Å². The van der Waals surface area contributed by atoms with E-state index in [1.54, 1.807) is 0 Å². The highest BCUT2D eigenvalue weighted by molar-refractivity contribution is 5.96. The number of hydrogen-bond acceptors (Lipinski definition) is 3. The number of primary amides is 1. The number of amides is 3. The Morgan fingerprint density at radius 2 is 1.78 bits per heavy atom. The largest absolute Gasteiger partial charge is 0.454 e. The van der Waals surface area contributed by atoms with Crippen molar-refractivity contribution in [3.63, 3.8) is 0 Å². The van der Waals surface area contributed by atoms with Crippen molar-refractivity contribution < 1.29 is 31.9 Å². The molecule has 6 nitrogen and oxygen atoms in total. The van der Waals surface area contributed by atoms with E-state index in [2.05, 4.69) is 10.6 Å². The summed E-state index contributed by atoms with van der Waals surface area (Å²) in [6.45, 7) is 1.36. The monoisotopic (exact) mass is 385 g/mol. The van der Waals surface area contributed by atoms with Gasteiger partial charge in [-0.05, 0) is 31.2 Å². The normalized spacial score (nSPS) is 12.2. The number of anilines is 1. The number of hydrogen-bond donors (Lipinski definition) is 3. The van der Waals surface area contributed by atoms with Crippen LogP contribution >= 0.6 is 0 Å². The number of nitrogens with two attached hydrogens (primary N) is 1. The highest BCUT2D eigenvalue weighted by Crippen LogP contribution is 2.38. The summed E-state index contributed by atoms with van der Waals surface area (Å²) in [5.74, 6) is -2.66. The Labute approximate surface area is 151 Å². The first-order chi connectivity index (χ1) is 12.6. The predicted octanol–water partition coefficient (Wildman–Crippen LogP) is 3.63. The van der Waals surface area contributed by atoms with Gasteiger partial charge < -0.3 is 21.1 Å². The van der Waals surface area contributed by atoms with Crippen LogP contribution in [0.15, 0.2) is 42.5 Å². The number of halogens is 4. The maximum Gasteiger partial charge on any atom is 0.419 e. The van der Waals surface area contributed by atoms with E-state index in [1.807, 2.05) is 0 Å². The van der Waals surface area contributed by atoms with Crippen LogP contribution in [0.3, 0.4) is 0 Å². The first-order valence-electron chi connectivity index (χ1n) is 7.58. The Morgan fingerprint density at radius 3 is 2.37 bits per heavy atom. The molecule has 0 aromatic heterocycles. The van der Waals surface area contributed by atoms with Crippen LogP contribution in [0.5, 0.6) is 11.5 Å². The number of alkyl halides is 3. The van der Waals surface area contributed by atoms with Crippen molar-refractivity contribution in [3.8, 4) is 11.5 Å². The lowest BCUT2D eigenvalue weighted by atomic mass is 10.2. The highest BCUT2D eigenvalue weighted by Gasteiger charge is 2.34. The summed E-state index contributed by atoms with van der Waals surface area (Å²) in [7, 11) is 0. The van der Waals surface area contributed by atoms with Crippen molar-refractivity contribution in [3.05, 3.63) is 53.8 Å². The Bertz CT molecular complexity index is 856. The summed E-state index contributed by atoms with van der Waals surface area (Å²) < 4.78 is 58.1. The predicted molar refractivity (Wildman–Crippen MR) is 88.7 cm³/mol. The number of rotatable bonds is 5. The fraction of sp³-hybridized carbons (Fsp3) is 0.176. The van der Waals surface area contributed by atoms with E-state index in [-0.39, 0.29) is 5.69 Å². The zero-order valence-corrected chi connectivity index (χ0v) is 13.9. The summed E-state index contributed by atoms with van der Waals surface area (Å²) in [4.78, 5) is 22.5. The van der Waals surface area contributed by atoms with Crippen molar-refractivity contribution in [1.82, 2.24) is 5.32 Å². The minimum Gasteiger partial charge on any atom is -0.454 e. The van der Waals surface area contributed by atoms with Crippen LogP contribution in [-0.4, -0.2) is 18.0 Å². The SMILES string of the molecule is C[C@@H](NC(N)=O)C(=O)Nc1ccc(Oc2ccccc2C(F)(F)F)c(F)c1. The summed E-state index contributed by atoms with van der Waals surface area (Å²) in [5, 5.41) is 4.47. The molecule has 0 saturated carbocycles. The van der Waals surface area contributed by atoms with Gasteiger partial charge in [0.25, 0.3) is 0 Å². The molecule has 2 rings (SSSR count). The van der Waals surface area contributed by atoms with Crippen molar-refractivity contribution in [1.29, 1.82) is 0 Å². The third-order valence-corrected chi connectivity index (χ3v) is 3.36. The molecular formula is C17H15F4N3O3. The van der Waals surface area contributed by atoms with Gasteiger partial charge in [-0.15, -0.1) is 0 Å². The lowest BCUT2D eigenvalue weighted by molar-refractivity contribution is -0.138. The average molecular weight is 385 g/mol. The van der Waals surface area contributed by atoms with E-state index in [0.29, 0.717) is 0 Å². The molecule has 2 aromatic carbocycles. The number of urea groups is 1. The van der Waals surface area contributed by atoms with E-state index >= 15 is 0 Å². The summed E-state index contributed by atoms with van der Waals surface area (Å²) in [6.07, 6.45) is -4.66. The van der Waals surface area contributed by atoms with Gasteiger partial charge in [-0.1, -0.05) is 12.1 Å². The minimum absolute atomic E-state index is 0.0204. The average Bonchev–Trinajstić information content (AvgIpc) is 2.56. The topological polar surface area (TPSA) is 93.5 Å². The molecule has 4 N–H and O–H groups in total. The van der Waals surface area contributed by atoms with E-state index in [0.717, 1.165) is 24.3 Å². The molecule has 27 heavy (non-hydrogen) atoms. The first kappa shape index (κ1) is 20.0. The summed E-state index contributed by atoms with van der Waals surface area (Å²) in [6, 6.07) is 5.70. The number of nitrogens with one attached hydrogen (secondary N) is 2. The van der Waals surface area contributed by atoms with Crippen LogP contribution < -0.4 is 21.1 Å². The van der Waals surface area contributed by atoms with E-state index in [4.69, 9.17) is 10.5 Å². The van der Waals surface area contributed by atoms with Crippen molar-refractivity contribution >= 4 is 17.6 Å². The molecular weight excluding hydrogens is 370 g/mol. The molecule has 0 saturated heterocycles. The second-order valence-corrected chi connectivity index (χ2v) is 5.46. The summed E-state index contributed by atoms with van der Waals surface area (Å²) in [5.41, 5.74) is 3.87. The molecule has 0 unspecified atom stereocenters. The number of benzene rings is 2. The van der Waals surface area contributed by atoms with Crippen LogP contribution in [-0.2, 0) is 11.0 Å². The molecule has 0 bridgehead atoms. The zero-order valence-electron chi connectivity index (χ0n) is 13.9. The molecule has 1 atom stereocenters. The van der Waals surface area contributed by atoms with Crippen molar-refractivity contribution in [2.75, 3.05) is 5.32 Å². The van der Waals surface area contributed by atoms with E-state index in [9.17, 15) is 27.2 Å². The molecule has 0 radical (unpaired) electrons. The summed E-state index contributed by atoms with van der Waals surface area (Å²) >= 11 is 0. The second-order valence-electron chi connectivity index (χ2n) is 5.46. The molecule has 0 fully saturated rings. The standard InChI is InChI=1S/C17H15F4N3O3/c1-9(23-16(22)26)15(25)24-10-6-7-14(12(18)8-10)27-13-5-3-2-4-11(13)17(19,20)21/h2-9H,1H3,(H,24,25)(H3,22,23,26)/t9-/m1/s1. The fourth-order valence-electron chi connectivity index (χ4n) is 2.10. The smallest absolute Gasteiger partial charge is 0.419 e.